The fourth-order valence-electron chi connectivity index (χ4n) is 3.15. The Morgan fingerprint density at radius 2 is 1.96 bits per heavy atom. The van der Waals surface area contributed by atoms with E-state index in [2.05, 4.69) is 32.3 Å². The van der Waals surface area contributed by atoms with Crippen molar-refractivity contribution in [2.45, 2.75) is 0 Å². The van der Waals surface area contributed by atoms with Crippen LogP contribution in [0.15, 0.2) is 42.9 Å². The predicted molar refractivity (Wildman–Crippen MR) is 101 cm³/mol. The lowest BCUT2D eigenvalue weighted by Gasteiger charge is -2.26. The van der Waals surface area contributed by atoms with Gasteiger partial charge >= 0.3 is 0 Å². The number of hydrogen-bond acceptors (Lipinski definition) is 6. The van der Waals surface area contributed by atoms with Gasteiger partial charge in [0.2, 0.25) is 0 Å². The van der Waals surface area contributed by atoms with E-state index in [1.807, 2.05) is 36.0 Å². The number of rotatable bonds is 6. The van der Waals surface area contributed by atoms with E-state index in [1.165, 1.54) is 0 Å². The van der Waals surface area contributed by atoms with Crippen molar-refractivity contribution in [3.05, 3.63) is 42.9 Å². The standard InChI is InChI=1S/C19H23N5O2/c1-20-18-19-22-14-17(24(19)7-6-21-18)15-2-4-16(5-3-15)26-13-10-23-8-11-25-12-9-23/h2-7,14H,8-13H2,1H3,(H,20,21). The van der Waals surface area contributed by atoms with Crippen LogP contribution in [0.1, 0.15) is 0 Å². The van der Waals surface area contributed by atoms with Crippen molar-refractivity contribution in [2.75, 3.05) is 51.8 Å². The Labute approximate surface area is 152 Å². The Morgan fingerprint density at radius 3 is 2.73 bits per heavy atom. The number of nitrogens with zero attached hydrogens (tertiary/aromatic N) is 4. The highest BCUT2D eigenvalue weighted by atomic mass is 16.5. The fraction of sp³-hybridized carbons (Fsp3) is 0.368. The van der Waals surface area contributed by atoms with Crippen LogP contribution in [0, 0.1) is 0 Å². The molecule has 1 aliphatic heterocycles. The largest absolute Gasteiger partial charge is 0.492 e. The second-order valence-corrected chi connectivity index (χ2v) is 6.19. The lowest BCUT2D eigenvalue weighted by molar-refractivity contribution is 0.0322. The van der Waals surface area contributed by atoms with Gasteiger partial charge in [0.15, 0.2) is 11.5 Å². The predicted octanol–water partition coefficient (Wildman–Crippen LogP) is 2.15. The fourth-order valence-corrected chi connectivity index (χ4v) is 3.15. The van der Waals surface area contributed by atoms with Crippen LogP contribution in [0.4, 0.5) is 5.82 Å². The minimum atomic E-state index is 0.687. The van der Waals surface area contributed by atoms with Gasteiger partial charge in [-0.2, -0.15) is 0 Å². The summed E-state index contributed by atoms with van der Waals surface area (Å²) in [5.74, 6) is 1.65. The zero-order chi connectivity index (χ0) is 17.8. The van der Waals surface area contributed by atoms with Gasteiger partial charge in [0, 0.05) is 44.6 Å². The Bertz CT molecular complexity index is 856. The number of anilines is 1. The van der Waals surface area contributed by atoms with Gasteiger partial charge < -0.3 is 14.8 Å². The summed E-state index contributed by atoms with van der Waals surface area (Å²) < 4.78 is 13.3. The molecule has 1 aromatic carbocycles. The van der Waals surface area contributed by atoms with Crippen molar-refractivity contribution in [1.29, 1.82) is 0 Å². The molecule has 0 amide bonds. The van der Waals surface area contributed by atoms with E-state index in [9.17, 15) is 0 Å². The molecule has 7 nitrogen and oxygen atoms in total. The third-order valence-corrected chi connectivity index (χ3v) is 4.59. The van der Waals surface area contributed by atoms with E-state index < -0.39 is 0 Å². The average molecular weight is 353 g/mol. The molecular weight excluding hydrogens is 330 g/mol. The molecule has 1 N–H and O–H groups in total. The van der Waals surface area contributed by atoms with Gasteiger partial charge in [-0.15, -0.1) is 0 Å². The Kier molecular flexibility index (Phi) is 4.99. The first-order chi connectivity index (χ1) is 12.8. The molecule has 0 saturated carbocycles. The molecule has 4 rings (SSSR count). The Hall–Kier alpha value is -2.64. The van der Waals surface area contributed by atoms with Gasteiger partial charge in [0.05, 0.1) is 25.1 Å². The van der Waals surface area contributed by atoms with Crippen molar-refractivity contribution in [3.63, 3.8) is 0 Å². The summed E-state index contributed by atoms with van der Waals surface area (Å²) >= 11 is 0. The SMILES string of the molecule is CNc1nccn2c(-c3ccc(OCCN4CCOCC4)cc3)cnc12. The van der Waals surface area contributed by atoms with Crippen molar-refractivity contribution in [1.82, 2.24) is 19.3 Å². The summed E-state index contributed by atoms with van der Waals surface area (Å²) in [5, 5.41) is 3.07. The second-order valence-electron chi connectivity index (χ2n) is 6.19. The summed E-state index contributed by atoms with van der Waals surface area (Å²) in [6, 6.07) is 8.14. The van der Waals surface area contributed by atoms with Gasteiger partial charge in [-0.25, -0.2) is 9.97 Å². The third kappa shape index (κ3) is 3.49. The smallest absolute Gasteiger partial charge is 0.180 e. The third-order valence-electron chi connectivity index (χ3n) is 4.59. The highest BCUT2D eigenvalue weighted by molar-refractivity contribution is 5.70. The molecule has 1 fully saturated rings. The van der Waals surface area contributed by atoms with E-state index in [0.29, 0.717) is 6.61 Å². The molecule has 136 valence electrons. The number of benzene rings is 1. The average Bonchev–Trinajstić information content (AvgIpc) is 3.13. The second kappa shape index (κ2) is 7.72. The van der Waals surface area contributed by atoms with Gasteiger partial charge in [-0.1, -0.05) is 0 Å². The van der Waals surface area contributed by atoms with E-state index >= 15 is 0 Å². The van der Waals surface area contributed by atoms with Crippen LogP contribution >= 0.6 is 0 Å². The number of hydrogen-bond donors (Lipinski definition) is 1. The number of aromatic nitrogens is 3. The molecule has 0 bridgehead atoms. The summed E-state index contributed by atoms with van der Waals surface area (Å²) in [4.78, 5) is 11.1. The van der Waals surface area contributed by atoms with E-state index in [1.54, 1.807) is 6.20 Å². The quantitative estimate of drug-likeness (QED) is 0.733. The molecule has 26 heavy (non-hydrogen) atoms. The molecule has 7 heteroatoms. The zero-order valence-electron chi connectivity index (χ0n) is 14.9. The number of morpholine rings is 1. The lowest BCUT2D eigenvalue weighted by Crippen LogP contribution is -2.38. The molecule has 0 unspecified atom stereocenters. The minimum absolute atomic E-state index is 0.687. The maximum atomic E-state index is 5.88. The normalized spacial score (nSPS) is 15.3. The van der Waals surface area contributed by atoms with Crippen LogP contribution in [-0.4, -0.2) is 65.8 Å². The van der Waals surface area contributed by atoms with Crippen LogP contribution in [0.5, 0.6) is 5.75 Å². The molecule has 1 aliphatic rings. The summed E-state index contributed by atoms with van der Waals surface area (Å²) in [5.41, 5.74) is 2.93. The first kappa shape index (κ1) is 16.8. The molecule has 3 aromatic rings. The molecule has 0 spiro atoms. The maximum absolute atomic E-state index is 5.88. The van der Waals surface area contributed by atoms with Crippen LogP contribution in [0.3, 0.4) is 0 Å². The monoisotopic (exact) mass is 353 g/mol. The van der Waals surface area contributed by atoms with Crippen LogP contribution < -0.4 is 10.1 Å². The topological polar surface area (TPSA) is 63.9 Å². The molecule has 0 atom stereocenters. The van der Waals surface area contributed by atoms with Crippen LogP contribution in [0.25, 0.3) is 16.9 Å². The first-order valence-corrected chi connectivity index (χ1v) is 8.88. The number of nitrogens with one attached hydrogen (secondary N) is 1. The lowest BCUT2D eigenvalue weighted by atomic mass is 10.1. The maximum Gasteiger partial charge on any atom is 0.180 e. The van der Waals surface area contributed by atoms with Crippen LogP contribution in [0.2, 0.25) is 0 Å². The van der Waals surface area contributed by atoms with Crippen molar-refractivity contribution >= 4 is 11.5 Å². The summed E-state index contributed by atoms with van der Waals surface area (Å²) in [6.45, 7) is 5.22. The Morgan fingerprint density at radius 1 is 1.15 bits per heavy atom. The van der Waals surface area contributed by atoms with E-state index in [0.717, 1.165) is 61.3 Å². The van der Waals surface area contributed by atoms with Crippen molar-refractivity contribution in [3.8, 4) is 17.0 Å². The van der Waals surface area contributed by atoms with E-state index in [4.69, 9.17) is 9.47 Å². The van der Waals surface area contributed by atoms with Crippen molar-refractivity contribution in [2.24, 2.45) is 0 Å². The molecular formula is C19H23N5O2. The van der Waals surface area contributed by atoms with Gasteiger partial charge in [0.25, 0.3) is 0 Å². The zero-order valence-corrected chi connectivity index (χ0v) is 14.9. The molecule has 0 aliphatic carbocycles. The molecule has 0 radical (unpaired) electrons. The van der Waals surface area contributed by atoms with Gasteiger partial charge in [-0.3, -0.25) is 9.30 Å². The molecule has 2 aromatic heterocycles. The minimum Gasteiger partial charge on any atom is -0.492 e. The van der Waals surface area contributed by atoms with Crippen molar-refractivity contribution < 1.29 is 9.47 Å². The van der Waals surface area contributed by atoms with Gasteiger partial charge in [0.1, 0.15) is 12.4 Å². The number of imidazole rings is 1. The van der Waals surface area contributed by atoms with Gasteiger partial charge in [-0.05, 0) is 24.3 Å². The highest BCUT2D eigenvalue weighted by Gasteiger charge is 2.11. The Balaban J connectivity index is 1.43. The summed E-state index contributed by atoms with van der Waals surface area (Å²) in [6.07, 6.45) is 5.56. The number of fused-ring (bicyclic) bond motifs is 1. The molecule has 1 saturated heterocycles. The van der Waals surface area contributed by atoms with E-state index in [-0.39, 0.29) is 0 Å². The summed E-state index contributed by atoms with van der Waals surface area (Å²) in [7, 11) is 1.85. The van der Waals surface area contributed by atoms with Crippen LogP contribution in [-0.2, 0) is 4.74 Å². The highest BCUT2D eigenvalue weighted by Crippen LogP contribution is 2.25. The first-order valence-electron chi connectivity index (χ1n) is 8.88. The number of ether oxygens (including phenoxy) is 2. The molecule has 3 heterocycles.